The summed E-state index contributed by atoms with van der Waals surface area (Å²) < 4.78 is 3.23. The van der Waals surface area contributed by atoms with E-state index in [1.54, 1.807) is 11.3 Å². The fourth-order valence-corrected chi connectivity index (χ4v) is 5.16. The van der Waals surface area contributed by atoms with Gasteiger partial charge < -0.3 is 10.2 Å². The molecule has 1 amide bonds. The summed E-state index contributed by atoms with van der Waals surface area (Å²) in [4.78, 5) is 28.8. The van der Waals surface area contributed by atoms with Crippen LogP contribution >= 0.6 is 11.3 Å². The zero-order valence-corrected chi connectivity index (χ0v) is 18.0. The first-order valence-electron chi connectivity index (χ1n) is 10.5. The van der Waals surface area contributed by atoms with Crippen molar-refractivity contribution in [3.8, 4) is 0 Å². The third-order valence-electron chi connectivity index (χ3n) is 5.68. The van der Waals surface area contributed by atoms with E-state index >= 15 is 0 Å². The molecule has 1 saturated heterocycles. The smallest absolute Gasteiger partial charge is 0.291 e. The number of hydrogen-bond donors (Lipinski definition) is 1. The van der Waals surface area contributed by atoms with E-state index in [9.17, 15) is 9.59 Å². The molecule has 0 spiro atoms. The molecule has 0 aromatic carbocycles. The van der Waals surface area contributed by atoms with Gasteiger partial charge in [0, 0.05) is 24.9 Å². The molecule has 0 saturated carbocycles. The summed E-state index contributed by atoms with van der Waals surface area (Å²) in [5.74, 6) is 1.40. The molecule has 1 atom stereocenters. The highest BCUT2D eigenvalue weighted by Gasteiger charge is 2.17. The van der Waals surface area contributed by atoms with E-state index in [1.807, 2.05) is 28.8 Å². The molecule has 0 aliphatic carbocycles. The summed E-state index contributed by atoms with van der Waals surface area (Å²) in [6, 6.07) is 3.90. The lowest BCUT2D eigenvalue weighted by Crippen LogP contribution is -2.38. The molecule has 156 valence electrons. The van der Waals surface area contributed by atoms with Crippen molar-refractivity contribution in [1.82, 2.24) is 24.4 Å². The van der Waals surface area contributed by atoms with Crippen molar-refractivity contribution in [2.24, 2.45) is 5.92 Å². The maximum Gasteiger partial charge on any atom is 0.291 e. The maximum absolute atomic E-state index is 12.9. The number of fused-ring (bicyclic) bond motifs is 3. The number of likely N-dealkylation sites (tertiary alicyclic amines) is 1. The summed E-state index contributed by atoms with van der Waals surface area (Å²) in [5.41, 5.74) is 0.369. The number of aryl methyl sites for hydroxylation is 1. The van der Waals surface area contributed by atoms with Crippen LogP contribution in [0.4, 0.5) is 0 Å². The zero-order chi connectivity index (χ0) is 20.4. The molecule has 0 unspecified atom stereocenters. The minimum atomic E-state index is -0.219. The first-order chi connectivity index (χ1) is 14.1. The molecule has 0 bridgehead atoms. The molecule has 4 heterocycles. The molecule has 1 aliphatic heterocycles. The number of nitrogens with one attached hydrogen (secondary N) is 1. The Kier molecular flexibility index (Phi) is 6.01. The van der Waals surface area contributed by atoms with Crippen molar-refractivity contribution in [3.05, 3.63) is 33.7 Å². The van der Waals surface area contributed by atoms with Crippen LogP contribution in [0.25, 0.3) is 15.7 Å². The SMILES string of the molecule is CCc1nn(CC(=O)NCCCN2CCC[C@@H](C)C2)c(=O)c2cc3ccsc3n12. The quantitative estimate of drug-likeness (QED) is 0.602. The van der Waals surface area contributed by atoms with Gasteiger partial charge in [0.2, 0.25) is 5.91 Å². The van der Waals surface area contributed by atoms with Gasteiger partial charge in [0.25, 0.3) is 5.56 Å². The molecular weight excluding hydrogens is 386 g/mol. The lowest BCUT2D eigenvalue weighted by molar-refractivity contribution is -0.121. The van der Waals surface area contributed by atoms with E-state index in [1.165, 1.54) is 17.5 Å². The summed E-state index contributed by atoms with van der Waals surface area (Å²) in [5, 5.41) is 10.5. The van der Waals surface area contributed by atoms with Gasteiger partial charge >= 0.3 is 0 Å². The molecule has 8 heteroatoms. The van der Waals surface area contributed by atoms with Crippen LogP contribution in [0, 0.1) is 5.92 Å². The van der Waals surface area contributed by atoms with Gasteiger partial charge in [-0.1, -0.05) is 13.8 Å². The average molecular weight is 416 g/mol. The predicted molar refractivity (Wildman–Crippen MR) is 117 cm³/mol. The molecule has 4 rings (SSSR count). The van der Waals surface area contributed by atoms with Gasteiger partial charge in [-0.05, 0) is 55.8 Å². The number of amides is 1. The van der Waals surface area contributed by atoms with Crippen molar-refractivity contribution in [1.29, 1.82) is 0 Å². The second kappa shape index (κ2) is 8.67. The Labute approximate surface area is 174 Å². The lowest BCUT2D eigenvalue weighted by Gasteiger charge is -2.30. The number of aromatic nitrogens is 3. The molecule has 7 nitrogen and oxygen atoms in total. The Balaban J connectivity index is 1.39. The van der Waals surface area contributed by atoms with Gasteiger partial charge in [-0.3, -0.25) is 14.0 Å². The van der Waals surface area contributed by atoms with E-state index in [2.05, 4.69) is 22.2 Å². The average Bonchev–Trinajstić information content (AvgIpc) is 3.29. The number of carbonyl (C=O) groups excluding carboxylic acids is 1. The summed E-state index contributed by atoms with van der Waals surface area (Å²) in [6.07, 6.45) is 4.20. The number of carbonyl (C=O) groups is 1. The van der Waals surface area contributed by atoms with Crippen LogP contribution in [0.2, 0.25) is 0 Å². The molecule has 0 radical (unpaired) electrons. The van der Waals surface area contributed by atoms with E-state index < -0.39 is 0 Å². The Morgan fingerprint density at radius 2 is 2.28 bits per heavy atom. The minimum Gasteiger partial charge on any atom is -0.354 e. The van der Waals surface area contributed by atoms with E-state index in [0.717, 1.165) is 48.0 Å². The number of hydrogen-bond acceptors (Lipinski definition) is 5. The highest BCUT2D eigenvalue weighted by Crippen LogP contribution is 2.24. The Morgan fingerprint density at radius 3 is 3.07 bits per heavy atom. The fourth-order valence-electron chi connectivity index (χ4n) is 4.25. The third kappa shape index (κ3) is 4.23. The number of thiophene rings is 1. The third-order valence-corrected chi connectivity index (χ3v) is 6.60. The van der Waals surface area contributed by atoms with Gasteiger partial charge in [-0.25, -0.2) is 4.68 Å². The number of rotatable bonds is 7. The molecule has 29 heavy (non-hydrogen) atoms. The van der Waals surface area contributed by atoms with Crippen LogP contribution in [-0.2, 0) is 17.8 Å². The monoisotopic (exact) mass is 415 g/mol. The number of nitrogens with zero attached hydrogens (tertiary/aromatic N) is 4. The van der Waals surface area contributed by atoms with Gasteiger partial charge in [0.15, 0.2) is 0 Å². The first-order valence-corrected chi connectivity index (χ1v) is 11.4. The van der Waals surface area contributed by atoms with Crippen molar-refractivity contribution in [3.63, 3.8) is 0 Å². The van der Waals surface area contributed by atoms with Crippen molar-refractivity contribution in [2.75, 3.05) is 26.2 Å². The highest BCUT2D eigenvalue weighted by atomic mass is 32.1. The van der Waals surface area contributed by atoms with E-state index in [4.69, 9.17) is 0 Å². The molecule has 1 fully saturated rings. The van der Waals surface area contributed by atoms with Gasteiger partial charge in [0.1, 0.15) is 22.7 Å². The van der Waals surface area contributed by atoms with Crippen molar-refractivity contribution >= 4 is 33.0 Å². The minimum absolute atomic E-state index is 0.0398. The van der Waals surface area contributed by atoms with Crippen molar-refractivity contribution < 1.29 is 4.79 Å². The Hall–Kier alpha value is -2.19. The number of piperidine rings is 1. The van der Waals surface area contributed by atoms with Crippen LogP contribution in [-0.4, -0.2) is 51.2 Å². The summed E-state index contributed by atoms with van der Waals surface area (Å²) in [7, 11) is 0. The highest BCUT2D eigenvalue weighted by molar-refractivity contribution is 7.16. The maximum atomic E-state index is 12.9. The van der Waals surface area contributed by atoms with Crippen LogP contribution in [0.15, 0.2) is 22.3 Å². The largest absolute Gasteiger partial charge is 0.354 e. The second-order valence-electron chi connectivity index (χ2n) is 8.03. The zero-order valence-electron chi connectivity index (χ0n) is 17.2. The van der Waals surface area contributed by atoms with Gasteiger partial charge in [-0.2, -0.15) is 5.10 Å². The molecule has 1 aliphatic rings. The van der Waals surface area contributed by atoms with Crippen molar-refractivity contribution in [2.45, 2.75) is 46.1 Å². The van der Waals surface area contributed by atoms with Crippen LogP contribution in [0.3, 0.4) is 0 Å². The molecule has 3 aromatic heterocycles. The van der Waals surface area contributed by atoms with Crippen LogP contribution in [0.1, 0.15) is 38.9 Å². The molecule has 3 aromatic rings. The normalized spacial score (nSPS) is 17.9. The second-order valence-corrected chi connectivity index (χ2v) is 8.92. The molecule has 1 N–H and O–H groups in total. The summed E-state index contributed by atoms with van der Waals surface area (Å²) in [6.45, 7) is 8.22. The lowest BCUT2D eigenvalue weighted by atomic mass is 10.0. The first kappa shape index (κ1) is 20.1. The summed E-state index contributed by atoms with van der Waals surface area (Å²) >= 11 is 1.60. The van der Waals surface area contributed by atoms with Gasteiger partial charge in [0.05, 0.1) is 0 Å². The van der Waals surface area contributed by atoms with E-state index in [-0.39, 0.29) is 18.0 Å². The van der Waals surface area contributed by atoms with E-state index in [0.29, 0.717) is 18.5 Å². The van der Waals surface area contributed by atoms with Crippen LogP contribution < -0.4 is 10.9 Å². The van der Waals surface area contributed by atoms with Gasteiger partial charge in [-0.15, -0.1) is 11.3 Å². The Bertz CT molecular complexity index is 1070. The Morgan fingerprint density at radius 1 is 1.41 bits per heavy atom. The standard InChI is InChI=1S/C21H29N5O2S/c1-3-18-23-25(20(28)17-12-16-7-11-29-21(16)26(17)18)14-19(27)22-8-5-10-24-9-4-6-15(2)13-24/h7,11-12,15H,3-6,8-10,13-14H2,1-2H3,(H,22,27)/t15-/m1/s1. The predicted octanol–water partition coefficient (Wildman–Crippen LogP) is 2.51. The fraction of sp³-hybridized carbons (Fsp3) is 0.571. The molecular formula is C21H29N5O2S. The van der Waals surface area contributed by atoms with Crippen LogP contribution in [0.5, 0.6) is 0 Å². The topological polar surface area (TPSA) is 71.6 Å².